The van der Waals surface area contributed by atoms with Crippen molar-refractivity contribution >= 4 is 5.91 Å². The zero-order chi connectivity index (χ0) is 16.5. The van der Waals surface area contributed by atoms with Crippen LogP contribution in [0.3, 0.4) is 0 Å². The molecule has 0 saturated carbocycles. The van der Waals surface area contributed by atoms with Gasteiger partial charge in [-0.1, -0.05) is 5.16 Å². The van der Waals surface area contributed by atoms with Crippen molar-refractivity contribution in [2.45, 2.75) is 19.3 Å². The molecule has 6 heteroatoms. The van der Waals surface area contributed by atoms with Crippen molar-refractivity contribution in [2.24, 2.45) is 5.92 Å². The van der Waals surface area contributed by atoms with Crippen molar-refractivity contribution < 1.29 is 19.2 Å². The summed E-state index contributed by atoms with van der Waals surface area (Å²) in [4.78, 5) is 14.3. The average Bonchev–Trinajstić information content (AvgIpc) is 3.29. The van der Waals surface area contributed by atoms with E-state index >= 15 is 0 Å². The van der Waals surface area contributed by atoms with Crippen molar-refractivity contribution in [1.82, 2.24) is 10.1 Å². The second-order valence-corrected chi connectivity index (χ2v) is 6.44. The third kappa shape index (κ3) is 2.78. The first kappa shape index (κ1) is 15.2. The van der Waals surface area contributed by atoms with Crippen molar-refractivity contribution in [3.8, 4) is 17.0 Å². The minimum Gasteiger partial charge on any atom is -0.493 e. The van der Waals surface area contributed by atoms with Crippen molar-refractivity contribution in [1.29, 1.82) is 0 Å². The van der Waals surface area contributed by atoms with E-state index < -0.39 is 0 Å². The first-order valence-corrected chi connectivity index (χ1v) is 8.37. The number of carbonyl (C=O) groups is 1. The fraction of sp³-hybridized carbons (Fsp3) is 0.444. The van der Waals surface area contributed by atoms with Gasteiger partial charge in [0.25, 0.3) is 5.91 Å². The van der Waals surface area contributed by atoms with Crippen LogP contribution in [0.5, 0.6) is 5.75 Å². The van der Waals surface area contributed by atoms with E-state index in [0.29, 0.717) is 25.4 Å². The normalized spacial score (nSPS) is 19.9. The Hall–Kier alpha value is -2.34. The Morgan fingerprint density at radius 2 is 2.29 bits per heavy atom. The molecule has 1 aromatic carbocycles. The lowest BCUT2D eigenvalue weighted by atomic mass is 9.99. The van der Waals surface area contributed by atoms with Crippen LogP contribution in [-0.2, 0) is 6.42 Å². The number of fused-ring (bicyclic) bond motifs is 1. The summed E-state index contributed by atoms with van der Waals surface area (Å²) >= 11 is 0. The van der Waals surface area contributed by atoms with Crippen LogP contribution in [0.15, 0.2) is 28.8 Å². The van der Waals surface area contributed by atoms with Crippen molar-refractivity contribution in [2.75, 3.05) is 26.3 Å². The van der Waals surface area contributed by atoms with E-state index in [2.05, 4.69) is 5.16 Å². The molecule has 2 aliphatic heterocycles. The number of aliphatic hydroxyl groups excluding tert-OH is 1. The van der Waals surface area contributed by atoms with Crippen LogP contribution >= 0.6 is 0 Å². The second-order valence-electron chi connectivity index (χ2n) is 6.44. The monoisotopic (exact) mass is 328 g/mol. The van der Waals surface area contributed by atoms with Gasteiger partial charge in [0.2, 0.25) is 5.76 Å². The maximum atomic E-state index is 12.6. The maximum absolute atomic E-state index is 12.6. The number of nitrogens with zero attached hydrogens (tertiary/aromatic N) is 2. The summed E-state index contributed by atoms with van der Waals surface area (Å²) < 4.78 is 10.8. The summed E-state index contributed by atoms with van der Waals surface area (Å²) in [6.07, 6.45) is 2.76. The van der Waals surface area contributed by atoms with Gasteiger partial charge in [0, 0.05) is 37.7 Å². The van der Waals surface area contributed by atoms with Gasteiger partial charge in [0.05, 0.1) is 6.61 Å². The van der Waals surface area contributed by atoms with E-state index in [9.17, 15) is 9.90 Å². The first-order valence-electron chi connectivity index (χ1n) is 8.37. The highest BCUT2D eigenvalue weighted by molar-refractivity contribution is 5.92. The molecule has 1 N–H and O–H groups in total. The van der Waals surface area contributed by atoms with E-state index in [-0.39, 0.29) is 24.2 Å². The Morgan fingerprint density at radius 1 is 1.38 bits per heavy atom. The summed E-state index contributed by atoms with van der Waals surface area (Å²) in [5.41, 5.74) is 2.74. The molecule has 6 nitrogen and oxygen atoms in total. The van der Waals surface area contributed by atoms with Gasteiger partial charge in [0.1, 0.15) is 11.4 Å². The van der Waals surface area contributed by atoms with E-state index in [1.165, 1.54) is 0 Å². The zero-order valence-electron chi connectivity index (χ0n) is 13.4. The number of ether oxygens (including phenoxy) is 1. The van der Waals surface area contributed by atoms with Gasteiger partial charge >= 0.3 is 0 Å². The molecule has 0 spiro atoms. The number of rotatable bonds is 3. The van der Waals surface area contributed by atoms with Gasteiger partial charge in [0.15, 0.2) is 0 Å². The van der Waals surface area contributed by atoms with Crippen LogP contribution in [0.25, 0.3) is 11.3 Å². The Labute approximate surface area is 140 Å². The van der Waals surface area contributed by atoms with E-state index in [1.54, 1.807) is 11.0 Å². The van der Waals surface area contributed by atoms with E-state index in [1.807, 2.05) is 18.2 Å². The summed E-state index contributed by atoms with van der Waals surface area (Å²) in [6, 6.07) is 7.60. The number of likely N-dealkylation sites (tertiary alicyclic amines) is 1. The fourth-order valence-electron chi connectivity index (χ4n) is 3.41. The molecule has 1 saturated heterocycles. The molecular formula is C18H20N2O4. The molecule has 24 heavy (non-hydrogen) atoms. The third-order valence-corrected chi connectivity index (χ3v) is 4.77. The SMILES string of the molecule is O=C(c1cc(-c2ccc3c(c2)CCO3)no1)N1CCCC(CO)C1. The highest BCUT2D eigenvalue weighted by Crippen LogP contribution is 2.30. The van der Waals surface area contributed by atoms with Crippen LogP contribution in [0.2, 0.25) is 0 Å². The summed E-state index contributed by atoms with van der Waals surface area (Å²) in [5.74, 6) is 1.17. The number of hydrogen-bond donors (Lipinski definition) is 1. The highest BCUT2D eigenvalue weighted by Gasteiger charge is 2.27. The van der Waals surface area contributed by atoms with Crippen LogP contribution < -0.4 is 4.74 Å². The molecule has 2 aromatic rings. The predicted octanol–water partition coefficient (Wildman–Crippen LogP) is 2.12. The van der Waals surface area contributed by atoms with E-state index in [4.69, 9.17) is 9.26 Å². The molecule has 1 atom stereocenters. The van der Waals surface area contributed by atoms with Gasteiger partial charge in [-0.3, -0.25) is 4.79 Å². The molecule has 4 rings (SSSR count). The molecule has 0 bridgehead atoms. The summed E-state index contributed by atoms with van der Waals surface area (Å²) in [7, 11) is 0. The minimum absolute atomic E-state index is 0.114. The molecule has 0 radical (unpaired) electrons. The third-order valence-electron chi connectivity index (χ3n) is 4.77. The highest BCUT2D eigenvalue weighted by atomic mass is 16.5. The van der Waals surface area contributed by atoms with Crippen LogP contribution in [0.4, 0.5) is 0 Å². The fourth-order valence-corrected chi connectivity index (χ4v) is 3.41. The van der Waals surface area contributed by atoms with Gasteiger partial charge in [-0.15, -0.1) is 0 Å². The molecule has 1 aromatic heterocycles. The van der Waals surface area contributed by atoms with Crippen LogP contribution in [-0.4, -0.2) is 47.4 Å². The predicted molar refractivity (Wildman–Crippen MR) is 86.9 cm³/mol. The number of amides is 1. The lowest BCUT2D eigenvalue weighted by molar-refractivity contribution is 0.0581. The van der Waals surface area contributed by atoms with Gasteiger partial charge in [-0.2, -0.15) is 0 Å². The Balaban J connectivity index is 1.53. The van der Waals surface area contributed by atoms with Crippen LogP contribution in [0, 0.1) is 5.92 Å². The van der Waals surface area contributed by atoms with Gasteiger partial charge in [-0.05, 0) is 42.5 Å². The number of piperidine rings is 1. The minimum atomic E-state index is -0.156. The first-order chi connectivity index (χ1) is 11.7. The lowest BCUT2D eigenvalue weighted by Crippen LogP contribution is -2.40. The van der Waals surface area contributed by atoms with Crippen molar-refractivity contribution in [3.05, 3.63) is 35.6 Å². The molecule has 1 amide bonds. The number of carbonyl (C=O) groups excluding carboxylic acids is 1. The lowest BCUT2D eigenvalue weighted by Gasteiger charge is -2.30. The topological polar surface area (TPSA) is 75.8 Å². The number of aromatic nitrogens is 1. The number of benzene rings is 1. The number of hydrogen-bond acceptors (Lipinski definition) is 5. The molecule has 1 fully saturated rings. The molecule has 0 aliphatic carbocycles. The molecular weight excluding hydrogens is 308 g/mol. The van der Waals surface area contributed by atoms with Gasteiger partial charge < -0.3 is 19.3 Å². The Morgan fingerprint density at radius 3 is 3.17 bits per heavy atom. The quantitative estimate of drug-likeness (QED) is 0.934. The summed E-state index contributed by atoms with van der Waals surface area (Å²) in [5, 5.41) is 13.4. The Bertz CT molecular complexity index is 755. The average molecular weight is 328 g/mol. The van der Waals surface area contributed by atoms with Gasteiger partial charge in [-0.25, -0.2) is 0 Å². The maximum Gasteiger partial charge on any atom is 0.292 e. The largest absolute Gasteiger partial charge is 0.493 e. The zero-order valence-corrected chi connectivity index (χ0v) is 13.4. The number of aliphatic hydroxyl groups is 1. The van der Waals surface area contributed by atoms with Crippen molar-refractivity contribution in [3.63, 3.8) is 0 Å². The standard InChI is InChI=1S/C18H20N2O4/c21-11-12-2-1-6-20(10-12)18(22)17-9-15(19-24-17)13-3-4-16-14(8-13)5-7-23-16/h3-4,8-9,12,21H,1-2,5-7,10-11H2. The Kier molecular flexibility index (Phi) is 3.98. The van der Waals surface area contributed by atoms with Crippen LogP contribution in [0.1, 0.15) is 29.0 Å². The molecule has 1 unspecified atom stereocenters. The van der Waals surface area contributed by atoms with E-state index in [0.717, 1.165) is 36.1 Å². The second kappa shape index (κ2) is 6.28. The summed E-state index contributed by atoms with van der Waals surface area (Å²) in [6.45, 7) is 2.09. The molecule has 2 aliphatic rings. The molecule has 3 heterocycles. The smallest absolute Gasteiger partial charge is 0.292 e. The molecule has 126 valence electrons.